The maximum atomic E-state index is 11.1. The number of rotatable bonds is 6. The number of nitro groups is 1. The third-order valence-corrected chi connectivity index (χ3v) is 3.16. The second-order valence-electron chi connectivity index (χ2n) is 4.89. The van der Waals surface area contributed by atoms with E-state index >= 15 is 0 Å². The van der Waals surface area contributed by atoms with Crippen LogP contribution in [-0.4, -0.2) is 28.9 Å². The normalized spacial score (nSPS) is 10.6. The first-order valence-corrected chi connectivity index (χ1v) is 6.62. The molecule has 0 bridgehead atoms. The van der Waals surface area contributed by atoms with Crippen molar-refractivity contribution in [1.82, 2.24) is 9.88 Å². The predicted octanol–water partition coefficient (Wildman–Crippen LogP) is 2.66. The first-order valence-electron chi connectivity index (χ1n) is 6.62. The topological polar surface area (TPSA) is 71.3 Å². The minimum absolute atomic E-state index is 0.102. The summed E-state index contributed by atoms with van der Waals surface area (Å²) in [5.41, 5.74) is 2.65. The standard InChI is InChI=1S/C15H18N4O2/c1-16-14-6-5-12(8-15(14)19(20)21)10-18(2)11-13-4-3-7-17-9-13/h3-9,16H,10-11H2,1-2H3. The molecule has 1 aromatic heterocycles. The lowest BCUT2D eigenvalue weighted by Crippen LogP contribution is -2.17. The molecular formula is C15H18N4O2. The number of anilines is 1. The van der Waals surface area contributed by atoms with Gasteiger partial charge in [-0.2, -0.15) is 0 Å². The van der Waals surface area contributed by atoms with Gasteiger partial charge in [0.05, 0.1) is 4.92 Å². The third kappa shape index (κ3) is 4.00. The van der Waals surface area contributed by atoms with E-state index in [9.17, 15) is 10.1 Å². The minimum Gasteiger partial charge on any atom is -0.383 e. The molecule has 6 nitrogen and oxygen atoms in total. The number of aromatic nitrogens is 1. The molecule has 0 aliphatic heterocycles. The second kappa shape index (κ2) is 6.81. The molecule has 0 radical (unpaired) electrons. The smallest absolute Gasteiger partial charge is 0.292 e. The molecule has 1 aromatic carbocycles. The summed E-state index contributed by atoms with van der Waals surface area (Å²) in [7, 11) is 3.65. The molecule has 0 atom stereocenters. The lowest BCUT2D eigenvalue weighted by atomic mass is 10.1. The van der Waals surface area contributed by atoms with Gasteiger partial charge in [-0.05, 0) is 30.3 Å². The fourth-order valence-corrected chi connectivity index (χ4v) is 2.21. The Morgan fingerprint density at radius 2 is 2.05 bits per heavy atom. The van der Waals surface area contributed by atoms with Crippen molar-refractivity contribution in [1.29, 1.82) is 0 Å². The zero-order valence-electron chi connectivity index (χ0n) is 12.1. The number of nitrogens with zero attached hydrogens (tertiary/aromatic N) is 3. The molecule has 0 spiro atoms. The van der Waals surface area contributed by atoms with E-state index in [-0.39, 0.29) is 10.6 Å². The van der Waals surface area contributed by atoms with Crippen molar-refractivity contribution in [3.8, 4) is 0 Å². The summed E-state index contributed by atoms with van der Waals surface area (Å²) in [5, 5.41) is 13.9. The number of hydrogen-bond donors (Lipinski definition) is 1. The van der Waals surface area contributed by atoms with Gasteiger partial charge in [0.25, 0.3) is 5.69 Å². The van der Waals surface area contributed by atoms with Gasteiger partial charge in [-0.3, -0.25) is 20.0 Å². The minimum atomic E-state index is -0.365. The van der Waals surface area contributed by atoms with Gasteiger partial charge in [0.1, 0.15) is 5.69 Å². The summed E-state index contributed by atoms with van der Waals surface area (Å²) in [6.07, 6.45) is 3.56. The summed E-state index contributed by atoms with van der Waals surface area (Å²) in [6.45, 7) is 1.38. The summed E-state index contributed by atoms with van der Waals surface area (Å²) in [6, 6.07) is 9.17. The summed E-state index contributed by atoms with van der Waals surface area (Å²) < 4.78 is 0. The molecule has 0 saturated carbocycles. The number of hydrogen-bond acceptors (Lipinski definition) is 5. The van der Waals surface area contributed by atoms with Crippen molar-refractivity contribution in [2.75, 3.05) is 19.4 Å². The molecule has 2 aromatic rings. The van der Waals surface area contributed by atoms with E-state index in [0.717, 1.165) is 17.7 Å². The lowest BCUT2D eigenvalue weighted by Gasteiger charge is -2.16. The Labute approximate surface area is 123 Å². The Bertz CT molecular complexity index is 616. The van der Waals surface area contributed by atoms with Crippen LogP contribution in [0.2, 0.25) is 0 Å². The quantitative estimate of drug-likeness (QED) is 0.653. The van der Waals surface area contributed by atoms with Gasteiger partial charge in [-0.25, -0.2) is 0 Å². The van der Waals surface area contributed by atoms with Crippen LogP contribution in [0, 0.1) is 10.1 Å². The molecule has 1 N–H and O–H groups in total. The molecule has 2 rings (SSSR count). The maximum absolute atomic E-state index is 11.1. The van der Waals surface area contributed by atoms with Crippen molar-refractivity contribution in [3.05, 3.63) is 64.0 Å². The number of nitrogens with one attached hydrogen (secondary N) is 1. The molecule has 6 heteroatoms. The summed E-state index contributed by atoms with van der Waals surface area (Å²) in [4.78, 5) is 16.9. The van der Waals surface area contributed by atoms with Crippen molar-refractivity contribution >= 4 is 11.4 Å². The van der Waals surface area contributed by atoms with E-state index in [4.69, 9.17) is 0 Å². The Morgan fingerprint density at radius 3 is 2.67 bits per heavy atom. The van der Waals surface area contributed by atoms with Crippen LogP contribution in [0.25, 0.3) is 0 Å². The molecule has 0 fully saturated rings. The highest BCUT2D eigenvalue weighted by Crippen LogP contribution is 2.25. The van der Waals surface area contributed by atoms with Crippen LogP contribution in [0.5, 0.6) is 0 Å². The monoisotopic (exact) mass is 286 g/mol. The van der Waals surface area contributed by atoms with Gasteiger partial charge in [0, 0.05) is 38.6 Å². The molecule has 0 amide bonds. The Morgan fingerprint density at radius 1 is 1.29 bits per heavy atom. The first kappa shape index (κ1) is 14.9. The van der Waals surface area contributed by atoms with Gasteiger partial charge in [0.2, 0.25) is 0 Å². The number of nitro benzene ring substituents is 1. The molecule has 0 saturated heterocycles. The van der Waals surface area contributed by atoms with Crippen molar-refractivity contribution in [2.24, 2.45) is 0 Å². The Balaban J connectivity index is 2.09. The van der Waals surface area contributed by atoms with E-state index < -0.39 is 0 Å². The Kier molecular flexibility index (Phi) is 4.84. The molecule has 21 heavy (non-hydrogen) atoms. The molecule has 0 aliphatic carbocycles. The second-order valence-corrected chi connectivity index (χ2v) is 4.89. The average Bonchev–Trinajstić information content (AvgIpc) is 2.48. The van der Waals surface area contributed by atoms with E-state index in [1.807, 2.05) is 31.4 Å². The predicted molar refractivity (Wildman–Crippen MR) is 82.1 cm³/mol. The van der Waals surface area contributed by atoms with Crippen LogP contribution in [0.3, 0.4) is 0 Å². The third-order valence-electron chi connectivity index (χ3n) is 3.16. The largest absolute Gasteiger partial charge is 0.383 e. The highest BCUT2D eigenvalue weighted by molar-refractivity contribution is 5.62. The lowest BCUT2D eigenvalue weighted by molar-refractivity contribution is -0.384. The maximum Gasteiger partial charge on any atom is 0.292 e. The molecular weight excluding hydrogens is 268 g/mol. The zero-order chi connectivity index (χ0) is 15.2. The zero-order valence-corrected chi connectivity index (χ0v) is 12.1. The summed E-state index contributed by atoms with van der Waals surface area (Å²) >= 11 is 0. The van der Waals surface area contributed by atoms with Crippen molar-refractivity contribution < 1.29 is 4.92 Å². The molecule has 0 aliphatic rings. The van der Waals surface area contributed by atoms with E-state index in [1.165, 1.54) is 0 Å². The highest BCUT2D eigenvalue weighted by Gasteiger charge is 2.14. The van der Waals surface area contributed by atoms with Crippen molar-refractivity contribution in [3.63, 3.8) is 0 Å². The fraction of sp³-hybridized carbons (Fsp3) is 0.267. The molecule has 110 valence electrons. The van der Waals surface area contributed by atoms with E-state index in [2.05, 4.69) is 15.2 Å². The SMILES string of the molecule is CNc1ccc(CN(C)Cc2cccnc2)cc1[N+](=O)[O-]. The number of pyridine rings is 1. The van der Waals surface area contributed by atoms with Gasteiger partial charge in [0.15, 0.2) is 0 Å². The van der Waals surface area contributed by atoms with Crippen LogP contribution in [0.1, 0.15) is 11.1 Å². The first-order chi connectivity index (χ1) is 10.1. The highest BCUT2D eigenvalue weighted by atomic mass is 16.6. The fourth-order valence-electron chi connectivity index (χ4n) is 2.21. The van der Waals surface area contributed by atoms with Gasteiger partial charge in [-0.1, -0.05) is 12.1 Å². The van der Waals surface area contributed by atoms with Crippen LogP contribution < -0.4 is 5.32 Å². The van der Waals surface area contributed by atoms with E-state index in [1.54, 1.807) is 25.4 Å². The molecule has 0 unspecified atom stereocenters. The summed E-state index contributed by atoms with van der Waals surface area (Å²) in [5.74, 6) is 0. The van der Waals surface area contributed by atoms with E-state index in [0.29, 0.717) is 12.2 Å². The van der Waals surface area contributed by atoms with Gasteiger partial charge in [-0.15, -0.1) is 0 Å². The van der Waals surface area contributed by atoms with Gasteiger partial charge < -0.3 is 5.32 Å². The molecule has 1 heterocycles. The van der Waals surface area contributed by atoms with Crippen LogP contribution in [0.15, 0.2) is 42.7 Å². The Hall–Kier alpha value is -2.47. The average molecular weight is 286 g/mol. The number of benzene rings is 1. The van der Waals surface area contributed by atoms with Crippen molar-refractivity contribution in [2.45, 2.75) is 13.1 Å². The van der Waals surface area contributed by atoms with Crippen LogP contribution in [0.4, 0.5) is 11.4 Å². The van der Waals surface area contributed by atoms with Crippen LogP contribution >= 0.6 is 0 Å². The van der Waals surface area contributed by atoms with Crippen LogP contribution in [-0.2, 0) is 13.1 Å². The van der Waals surface area contributed by atoms with Gasteiger partial charge >= 0.3 is 0 Å².